The molecule has 1 aromatic rings. The maximum Gasteiger partial charge on any atom is 0.470 e. The number of ether oxygens (including phenoxy) is 1. The molecule has 0 saturated heterocycles. The van der Waals surface area contributed by atoms with Crippen LogP contribution in [0.1, 0.15) is 42.7 Å². The fraction of sp³-hybridized carbons (Fsp3) is 0.429. The van der Waals surface area contributed by atoms with E-state index in [1.165, 1.54) is 13.0 Å². The Labute approximate surface area is 147 Å². The van der Waals surface area contributed by atoms with E-state index in [1.54, 1.807) is 26.0 Å². The Morgan fingerprint density at radius 1 is 1.38 bits per heavy atom. The van der Waals surface area contributed by atoms with Crippen molar-refractivity contribution in [2.24, 2.45) is 0 Å². The maximum absolute atomic E-state index is 11.6. The highest BCUT2D eigenvalue weighted by Crippen LogP contribution is 2.48. The van der Waals surface area contributed by atoms with E-state index in [0.717, 1.165) is 0 Å². The van der Waals surface area contributed by atoms with Gasteiger partial charge in [-0.2, -0.15) is 0 Å². The molecule has 0 spiro atoms. The van der Waals surface area contributed by atoms with Gasteiger partial charge in [0.05, 0.1) is 10.8 Å². The van der Waals surface area contributed by atoms with E-state index >= 15 is 0 Å². The number of carbonyl (C=O) groups excluding carboxylic acids is 2. The maximum atomic E-state index is 11.6. The van der Waals surface area contributed by atoms with Crippen molar-refractivity contribution in [3.05, 3.63) is 29.3 Å². The van der Waals surface area contributed by atoms with Crippen LogP contribution < -0.4 is 10.1 Å². The smallest absolute Gasteiger partial charge is 0.470 e. The van der Waals surface area contributed by atoms with Crippen LogP contribution in [0.2, 0.25) is 0 Å². The molecule has 8 nitrogen and oxygen atoms in total. The summed E-state index contributed by atoms with van der Waals surface area (Å²) in [5.74, 6) is 0.213. The first-order valence-electron chi connectivity index (χ1n) is 7.04. The van der Waals surface area contributed by atoms with Crippen molar-refractivity contribution in [1.82, 2.24) is 5.32 Å². The highest BCUT2D eigenvalue weighted by Gasteiger charge is 2.48. The third kappa shape index (κ3) is 4.25. The van der Waals surface area contributed by atoms with Crippen LogP contribution in [-0.2, 0) is 9.09 Å². The molecular weight excluding hydrogens is 352 g/mol. The number of benzene rings is 1. The van der Waals surface area contributed by atoms with Crippen LogP contribution in [0.5, 0.6) is 5.75 Å². The van der Waals surface area contributed by atoms with E-state index in [1.807, 2.05) is 16.3 Å². The van der Waals surface area contributed by atoms with Gasteiger partial charge in [0.25, 0.3) is 16.3 Å². The minimum atomic E-state index is -4.84. The van der Waals surface area contributed by atoms with E-state index in [4.69, 9.17) is 9.26 Å². The first-order chi connectivity index (χ1) is 10.9. The standard InChI is InChI=1S/C14H17NO7P.Al/c1-8(17)9-4-5-11-10(6-9)12(15-7-16)13(14(2,3)21-11)22-23(18,19)20;/h4-6,12-13H,1-3H3,(H,15,16)(H2,18,19,20);/t12-,13-;/m0./s1. The number of amides is 1. The summed E-state index contributed by atoms with van der Waals surface area (Å²) in [5, 5.41) is 2.60. The molecule has 128 valence electrons. The number of fused-ring (bicyclic) bond motifs is 1. The third-order valence-electron chi connectivity index (χ3n) is 3.66. The lowest BCUT2D eigenvalue weighted by Gasteiger charge is -2.44. The van der Waals surface area contributed by atoms with Gasteiger partial charge in [0, 0.05) is 11.1 Å². The van der Waals surface area contributed by atoms with Gasteiger partial charge in [-0.15, -0.1) is 0 Å². The van der Waals surface area contributed by atoms with Gasteiger partial charge in [0.2, 0.25) is 0 Å². The summed E-state index contributed by atoms with van der Waals surface area (Å²) in [6, 6.07) is 3.79. The molecule has 24 heavy (non-hydrogen) atoms. The molecule has 1 heterocycles. The van der Waals surface area contributed by atoms with Crippen molar-refractivity contribution in [3.63, 3.8) is 0 Å². The molecule has 0 aliphatic carbocycles. The average Bonchev–Trinajstić information content (AvgIpc) is 2.40. The molecule has 3 N–H and O–H groups in total. The molecule has 0 fully saturated rings. The lowest BCUT2D eigenvalue weighted by Crippen LogP contribution is -2.54. The molecular formula is C14H17AlNO7P. The van der Waals surface area contributed by atoms with Gasteiger partial charge in [-0.25, -0.2) is 4.57 Å². The molecule has 0 bridgehead atoms. The van der Waals surface area contributed by atoms with Gasteiger partial charge >= 0.3 is 7.82 Å². The molecule has 0 aromatic heterocycles. The van der Waals surface area contributed by atoms with Crippen molar-refractivity contribution in [3.8, 4) is 5.75 Å². The summed E-state index contributed by atoms with van der Waals surface area (Å²) in [6.45, 7) is 4.58. The number of phosphoric acid groups is 1. The van der Waals surface area contributed by atoms with Crippen molar-refractivity contribution >= 4 is 34.7 Å². The second-order valence-corrected chi connectivity index (χ2v) is 7.73. The SMILES string of the molecule is CC(=O)c1ccc2c(c1)[C@H](N[C](=O)[Al])[C@H](OP(=O)(O)O)C(C)(C)O2. The van der Waals surface area contributed by atoms with Crippen LogP contribution in [0.15, 0.2) is 18.2 Å². The number of phosphoric ester groups is 1. The van der Waals surface area contributed by atoms with E-state index in [2.05, 4.69) is 5.32 Å². The van der Waals surface area contributed by atoms with Crippen LogP contribution in [0.25, 0.3) is 0 Å². The Hall–Kier alpha value is -1.20. The van der Waals surface area contributed by atoms with Crippen LogP contribution in [-0.4, -0.2) is 48.3 Å². The fourth-order valence-corrected chi connectivity index (χ4v) is 3.50. The number of hydrogen-bond acceptors (Lipinski definition) is 5. The fourth-order valence-electron chi connectivity index (χ4n) is 2.65. The zero-order valence-electron chi connectivity index (χ0n) is 13.3. The molecule has 0 unspecified atom stereocenters. The van der Waals surface area contributed by atoms with Crippen molar-refractivity contribution in [1.29, 1.82) is 0 Å². The van der Waals surface area contributed by atoms with Crippen molar-refractivity contribution in [2.45, 2.75) is 38.5 Å². The first kappa shape index (κ1) is 19.1. The number of hydrogen-bond donors (Lipinski definition) is 3. The van der Waals surface area contributed by atoms with Gasteiger partial charge in [0.15, 0.2) is 5.78 Å². The highest BCUT2D eigenvalue weighted by molar-refractivity contribution is 7.46. The first-order valence-corrected chi connectivity index (χ1v) is 9.15. The topological polar surface area (TPSA) is 122 Å². The zero-order valence-corrected chi connectivity index (χ0v) is 15.4. The molecule has 1 aliphatic rings. The average molecular weight is 369 g/mol. The minimum Gasteiger partial charge on any atom is -0.485 e. The van der Waals surface area contributed by atoms with Crippen molar-refractivity contribution < 1.29 is 33.2 Å². The molecule has 1 aromatic carbocycles. The Kier molecular flexibility index (Phi) is 5.26. The highest BCUT2D eigenvalue weighted by atomic mass is 31.2. The second kappa shape index (κ2) is 6.60. The van der Waals surface area contributed by atoms with Crippen LogP contribution in [0.3, 0.4) is 0 Å². The number of carbonyl (C=O) groups is 2. The number of Topliss-reactive ketones (excluding diaryl/α,β-unsaturated/α-hetero) is 1. The summed E-state index contributed by atoms with van der Waals surface area (Å²) in [4.78, 5) is 41.6. The number of ketones is 1. The predicted octanol–water partition coefficient (Wildman–Crippen LogP) is 1.46. The number of nitrogens with one attached hydrogen (secondary N) is 1. The molecule has 10 heteroatoms. The van der Waals surface area contributed by atoms with E-state index in [9.17, 15) is 23.9 Å². The lowest BCUT2D eigenvalue weighted by atomic mass is 9.85. The predicted molar refractivity (Wildman–Crippen MR) is 85.1 cm³/mol. The number of rotatable bonds is 4. The third-order valence-corrected chi connectivity index (χ3v) is 4.33. The van der Waals surface area contributed by atoms with Gasteiger partial charge in [0.1, 0.15) is 17.5 Å². The summed E-state index contributed by atoms with van der Waals surface area (Å²) in [5.41, 5.74) is -0.338. The summed E-state index contributed by atoms with van der Waals surface area (Å²) >= 11 is 1.93. The van der Waals surface area contributed by atoms with Gasteiger partial charge < -0.3 is 24.6 Å². The monoisotopic (exact) mass is 369 g/mol. The summed E-state index contributed by atoms with van der Waals surface area (Å²) < 4.78 is 21.5. The van der Waals surface area contributed by atoms with E-state index in [0.29, 0.717) is 16.9 Å². The largest absolute Gasteiger partial charge is 0.485 e. The Bertz CT molecular complexity index is 730. The molecule has 2 atom stereocenters. The van der Waals surface area contributed by atoms with E-state index in [-0.39, 0.29) is 5.78 Å². The van der Waals surface area contributed by atoms with Crippen LogP contribution >= 0.6 is 7.82 Å². The van der Waals surface area contributed by atoms with Crippen LogP contribution in [0.4, 0.5) is 4.79 Å². The summed E-state index contributed by atoms with van der Waals surface area (Å²) in [7, 11) is -4.84. The summed E-state index contributed by atoms with van der Waals surface area (Å²) in [6.07, 6.45) is -1.17. The molecule has 2 rings (SSSR count). The van der Waals surface area contributed by atoms with E-state index < -0.39 is 30.3 Å². The van der Waals surface area contributed by atoms with Gasteiger partial charge in [-0.05, 0) is 39.0 Å². The molecule has 2 radical (unpaired) electrons. The Morgan fingerprint density at radius 3 is 2.50 bits per heavy atom. The van der Waals surface area contributed by atoms with Gasteiger partial charge in [-0.3, -0.25) is 9.32 Å². The molecule has 1 amide bonds. The van der Waals surface area contributed by atoms with Crippen LogP contribution in [0, 0.1) is 0 Å². The zero-order chi connectivity index (χ0) is 18.3. The van der Waals surface area contributed by atoms with Crippen molar-refractivity contribution in [2.75, 3.05) is 0 Å². The Morgan fingerprint density at radius 2 is 2.00 bits per heavy atom. The molecule has 0 saturated carbocycles. The minimum absolute atomic E-state index is 0.189. The lowest BCUT2D eigenvalue weighted by molar-refractivity contribution is -0.0586. The van der Waals surface area contributed by atoms with Gasteiger partial charge in [-0.1, -0.05) is 0 Å². The molecule has 1 aliphatic heterocycles. The quantitative estimate of drug-likeness (QED) is 0.417. The normalized spacial score (nSPS) is 22.2. The second-order valence-electron chi connectivity index (χ2n) is 6.02. The Balaban J connectivity index is 2.59.